The molecule has 4 aromatic carbocycles. The summed E-state index contributed by atoms with van der Waals surface area (Å²) in [5.41, 5.74) is 3.84. The van der Waals surface area contributed by atoms with E-state index in [0.717, 1.165) is 33.0 Å². The van der Waals surface area contributed by atoms with Gasteiger partial charge in [-0.15, -0.1) is 0 Å². The first kappa shape index (κ1) is 32.8. The molecule has 0 heterocycles. The molecule has 0 aliphatic heterocycles. The molecule has 0 saturated heterocycles. The van der Waals surface area contributed by atoms with Crippen molar-refractivity contribution in [3.8, 4) is 0 Å². The maximum atomic E-state index is 14.5. The highest BCUT2D eigenvalue weighted by Gasteiger charge is 2.34. The molecule has 0 fully saturated rings. The van der Waals surface area contributed by atoms with Gasteiger partial charge in [0.25, 0.3) is 10.0 Å². The highest BCUT2D eigenvalue weighted by atomic mass is 35.5. The summed E-state index contributed by atoms with van der Waals surface area (Å²) < 4.78 is 29.3. The Morgan fingerprint density at radius 1 is 0.818 bits per heavy atom. The predicted molar refractivity (Wildman–Crippen MR) is 176 cm³/mol. The Morgan fingerprint density at radius 3 is 2.11 bits per heavy atom. The van der Waals surface area contributed by atoms with Crippen LogP contribution >= 0.6 is 11.6 Å². The van der Waals surface area contributed by atoms with E-state index in [1.54, 1.807) is 48.5 Å². The Hall–Kier alpha value is -4.14. The number of hydrogen-bond donors (Lipinski definition) is 1. The van der Waals surface area contributed by atoms with Gasteiger partial charge in [0.15, 0.2) is 0 Å². The zero-order chi connectivity index (χ0) is 31.7. The van der Waals surface area contributed by atoms with Crippen molar-refractivity contribution >= 4 is 39.1 Å². The highest BCUT2D eigenvalue weighted by molar-refractivity contribution is 7.92. The summed E-state index contributed by atoms with van der Waals surface area (Å²) in [5.74, 6) is -0.829. The molecule has 1 N–H and O–H groups in total. The lowest BCUT2D eigenvalue weighted by Crippen LogP contribution is -2.53. The molecule has 0 radical (unpaired) electrons. The molecule has 1 atom stereocenters. The summed E-state index contributed by atoms with van der Waals surface area (Å²) in [6, 6.07) is 29.0. The lowest BCUT2D eigenvalue weighted by Gasteiger charge is -2.34. The molecule has 7 nitrogen and oxygen atoms in total. The van der Waals surface area contributed by atoms with E-state index in [0.29, 0.717) is 17.3 Å². The average molecular weight is 632 g/mol. The third kappa shape index (κ3) is 8.27. The molecule has 0 saturated carbocycles. The van der Waals surface area contributed by atoms with Gasteiger partial charge in [0, 0.05) is 24.5 Å². The van der Waals surface area contributed by atoms with E-state index in [4.69, 9.17) is 11.6 Å². The number of carbonyl (C=O) groups excluding carboxylic acids is 2. The van der Waals surface area contributed by atoms with Gasteiger partial charge in [-0.2, -0.15) is 0 Å². The number of nitrogens with zero attached hydrogens (tertiary/aromatic N) is 2. The maximum absolute atomic E-state index is 14.5. The van der Waals surface area contributed by atoms with Crippen LogP contribution in [0.1, 0.15) is 35.6 Å². The van der Waals surface area contributed by atoms with Crippen molar-refractivity contribution in [1.29, 1.82) is 0 Å². The number of halogens is 1. The molecule has 9 heteroatoms. The van der Waals surface area contributed by atoms with Crippen molar-refractivity contribution in [2.45, 2.75) is 51.1 Å². The van der Waals surface area contributed by atoms with Crippen LogP contribution in [0.5, 0.6) is 0 Å². The van der Waals surface area contributed by atoms with Gasteiger partial charge in [-0.25, -0.2) is 8.42 Å². The van der Waals surface area contributed by atoms with E-state index in [9.17, 15) is 18.0 Å². The van der Waals surface area contributed by atoms with E-state index in [2.05, 4.69) is 5.32 Å². The van der Waals surface area contributed by atoms with Crippen LogP contribution in [0.3, 0.4) is 0 Å². The molecule has 0 aromatic heterocycles. The van der Waals surface area contributed by atoms with Crippen molar-refractivity contribution < 1.29 is 18.0 Å². The van der Waals surface area contributed by atoms with Gasteiger partial charge in [0.2, 0.25) is 11.8 Å². The van der Waals surface area contributed by atoms with Crippen LogP contribution < -0.4 is 9.62 Å². The third-order valence-electron chi connectivity index (χ3n) is 7.45. The maximum Gasteiger partial charge on any atom is 0.264 e. The molecule has 1 unspecified atom stereocenters. The summed E-state index contributed by atoms with van der Waals surface area (Å²) in [4.78, 5) is 29.7. The highest BCUT2D eigenvalue weighted by Crippen LogP contribution is 2.27. The van der Waals surface area contributed by atoms with E-state index in [-0.39, 0.29) is 23.8 Å². The predicted octanol–water partition coefficient (Wildman–Crippen LogP) is 6.32. The van der Waals surface area contributed by atoms with Crippen LogP contribution in [0.4, 0.5) is 5.69 Å². The minimum atomic E-state index is -4.15. The van der Waals surface area contributed by atoms with Gasteiger partial charge in [-0.1, -0.05) is 85.3 Å². The van der Waals surface area contributed by atoms with Crippen LogP contribution in [0, 0.1) is 13.8 Å². The fourth-order valence-corrected chi connectivity index (χ4v) is 6.52. The van der Waals surface area contributed by atoms with Gasteiger partial charge in [-0.3, -0.25) is 13.9 Å². The third-order valence-corrected chi connectivity index (χ3v) is 9.47. The fourth-order valence-electron chi connectivity index (χ4n) is 4.88. The molecule has 4 aromatic rings. The van der Waals surface area contributed by atoms with Gasteiger partial charge in [0.05, 0.1) is 10.6 Å². The Kier molecular flexibility index (Phi) is 11.2. The smallest absolute Gasteiger partial charge is 0.264 e. The molecular weight excluding hydrogens is 594 g/mol. The number of rotatable bonds is 13. The molecule has 0 aliphatic carbocycles. The van der Waals surface area contributed by atoms with Crippen molar-refractivity contribution in [1.82, 2.24) is 10.2 Å². The number of benzene rings is 4. The lowest BCUT2D eigenvalue weighted by atomic mass is 10.0. The number of carbonyl (C=O) groups is 2. The quantitative estimate of drug-likeness (QED) is 0.187. The molecule has 2 amide bonds. The van der Waals surface area contributed by atoms with Gasteiger partial charge < -0.3 is 10.2 Å². The second-order valence-corrected chi connectivity index (χ2v) is 13.0. The number of sulfonamides is 1. The first-order chi connectivity index (χ1) is 21.1. The number of anilines is 1. The van der Waals surface area contributed by atoms with Crippen LogP contribution in [-0.4, -0.2) is 44.3 Å². The fraction of sp³-hybridized carbons (Fsp3) is 0.257. The lowest BCUT2D eigenvalue weighted by molar-refractivity contribution is -0.140. The average Bonchev–Trinajstić information content (AvgIpc) is 3.02. The van der Waals surface area contributed by atoms with Crippen molar-refractivity contribution in [3.63, 3.8) is 0 Å². The molecule has 0 aliphatic rings. The molecule has 44 heavy (non-hydrogen) atoms. The zero-order valence-electron chi connectivity index (χ0n) is 25.2. The van der Waals surface area contributed by atoms with Crippen molar-refractivity contribution in [2.75, 3.05) is 17.4 Å². The largest absolute Gasteiger partial charge is 0.354 e. The normalized spacial score (nSPS) is 11.9. The monoisotopic (exact) mass is 631 g/mol. The summed E-state index contributed by atoms with van der Waals surface area (Å²) in [6.07, 6.45) is 0.972. The minimum absolute atomic E-state index is 0.0581. The Balaban J connectivity index is 1.81. The zero-order valence-corrected chi connectivity index (χ0v) is 26.8. The molecule has 0 spiro atoms. The first-order valence-electron chi connectivity index (χ1n) is 14.6. The molecule has 4 rings (SSSR count). The second kappa shape index (κ2) is 15.0. The van der Waals surface area contributed by atoms with E-state index in [1.807, 2.05) is 63.2 Å². The standard InChI is InChI=1S/C35H38ClN3O4S/c1-4-20-37-35(41)33(23-28-12-7-5-8-13-28)38(24-29-14-11-15-30(36)22-29)34(40)25-39(31-19-18-26(2)27(3)21-31)44(42,43)32-16-9-6-10-17-32/h5-19,21-22,33H,4,20,23-25H2,1-3H3,(H,37,41). The van der Waals surface area contributed by atoms with Crippen LogP contribution in [0.2, 0.25) is 5.02 Å². The van der Waals surface area contributed by atoms with Crippen LogP contribution in [-0.2, 0) is 32.6 Å². The Bertz CT molecular complexity index is 1680. The van der Waals surface area contributed by atoms with Gasteiger partial charge >= 0.3 is 0 Å². The van der Waals surface area contributed by atoms with Gasteiger partial charge in [-0.05, 0) is 78.9 Å². The SMILES string of the molecule is CCCNC(=O)C(Cc1ccccc1)N(Cc1cccc(Cl)c1)C(=O)CN(c1ccc(C)c(C)c1)S(=O)(=O)c1ccccc1. The summed E-state index contributed by atoms with van der Waals surface area (Å²) in [5, 5.41) is 3.44. The molecule has 230 valence electrons. The van der Waals surface area contributed by atoms with Crippen LogP contribution in [0.15, 0.2) is 108 Å². The van der Waals surface area contributed by atoms with E-state index in [1.165, 1.54) is 17.0 Å². The summed E-state index contributed by atoms with van der Waals surface area (Å²) in [6.45, 7) is 5.79. The molecule has 0 bridgehead atoms. The Morgan fingerprint density at radius 2 is 1.48 bits per heavy atom. The second-order valence-electron chi connectivity index (χ2n) is 10.7. The number of aryl methyl sites for hydroxylation is 2. The number of amides is 2. The number of hydrogen-bond acceptors (Lipinski definition) is 4. The molecular formula is C35H38ClN3O4S. The topological polar surface area (TPSA) is 86.8 Å². The summed E-state index contributed by atoms with van der Waals surface area (Å²) in [7, 11) is -4.15. The van der Waals surface area contributed by atoms with E-state index >= 15 is 0 Å². The minimum Gasteiger partial charge on any atom is -0.354 e. The Labute approximate surface area is 265 Å². The summed E-state index contributed by atoms with van der Waals surface area (Å²) >= 11 is 6.30. The number of nitrogens with one attached hydrogen (secondary N) is 1. The van der Waals surface area contributed by atoms with Crippen LogP contribution in [0.25, 0.3) is 0 Å². The van der Waals surface area contributed by atoms with Gasteiger partial charge in [0.1, 0.15) is 12.6 Å². The first-order valence-corrected chi connectivity index (χ1v) is 16.4. The van der Waals surface area contributed by atoms with E-state index < -0.39 is 28.5 Å². The van der Waals surface area contributed by atoms with Crippen molar-refractivity contribution in [2.24, 2.45) is 0 Å². The van der Waals surface area contributed by atoms with Crippen molar-refractivity contribution in [3.05, 3.63) is 130 Å².